The third-order valence-corrected chi connectivity index (χ3v) is 5.37. The molecule has 2 atom stereocenters. The first kappa shape index (κ1) is 14.8. The van der Waals surface area contributed by atoms with Crippen LogP contribution in [0.25, 0.3) is 0 Å². The van der Waals surface area contributed by atoms with Crippen molar-refractivity contribution in [3.05, 3.63) is 45.3 Å². The number of hydrogen-bond donors (Lipinski definition) is 1. The van der Waals surface area contributed by atoms with Gasteiger partial charge in [0.1, 0.15) is 11.6 Å². The highest BCUT2D eigenvalue weighted by Gasteiger charge is 2.45. The summed E-state index contributed by atoms with van der Waals surface area (Å²) in [4.78, 5) is 29.4. The Labute approximate surface area is 141 Å². The van der Waals surface area contributed by atoms with Gasteiger partial charge in [0.2, 0.25) is 5.91 Å². The largest absolute Gasteiger partial charge is 0.347 e. The fraction of sp³-hybridized carbons (Fsp3) is 0.353. The Morgan fingerprint density at radius 1 is 1.22 bits per heavy atom. The number of benzene rings is 1. The molecule has 4 nitrogen and oxygen atoms in total. The number of fused-ring (bicyclic) bond motifs is 1. The Morgan fingerprint density at radius 2 is 2.04 bits per heavy atom. The average molecular weight is 377 g/mol. The SMILES string of the molecule is O=C1NCC2=C1C(c1ccc(F)c(Br)c1)C1C(=O)CCCC1=N2. The Bertz CT molecular complexity index is 800. The minimum Gasteiger partial charge on any atom is -0.347 e. The van der Waals surface area contributed by atoms with E-state index in [0.29, 0.717) is 23.0 Å². The molecule has 2 aliphatic heterocycles. The zero-order valence-corrected chi connectivity index (χ0v) is 13.8. The van der Waals surface area contributed by atoms with Gasteiger partial charge in [-0.3, -0.25) is 14.6 Å². The third-order valence-electron chi connectivity index (χ3n) is 4.76. The van der Waals surface area contributed by atoms with Gasteiger partial charge in [-0.15, -0.1) is 0 Å². The predicted molar refractivity (Wildman–Crippen MR) is 86.7 cm³/mol. The van der Waals surface area contributed by atoms with E-state index in [-0.39, 0.29) is 23.4 Å². The maximum Gasteiger partial charge on any atom is 0.250 e. The molecule has 3 aliphatic rings. The molecule has 0 radical (unpaired) electrons. The zero-order chi connectivity index (χ0) is 16.1. The van der Waals surface area contributed by atoms with Crippen molar-refractivity contribution in [1.82, 2.24) is 5.32 Å². The molecular weight excluding hydrogens is 363 g/mol. The number of nitrogens with one attached hydrogen (secondary N) is 1. The van der Waals surface area contributed by atoms with Crippen LogP contribution in [0.1, 0.15) is 30.7 Å². The molecule has 1 aliphatic carbocycles. The Balaban J connectivity index is 1.89. The second kappa shape index (κ2) is 5.37. The molecule has 1 N–H and O–H groups in total. The molecular formula is C17H14BrFN2O2. The molecule has 23 heavy (non-hydrogen) atoms. The van der Waals surface area contributed by atoms with Crippen LogP contribution in [0.4, 0.5) is 4.39 Å². The molecule has 1 aromatic rings. The monoisotopic (exact) mass is 376 g/mol. The maximum absolute atomic E-state index is 13.6. The number of hydrogen-bond acceptors (Lipinski definition) is 3. The van der Waals surface area contributed by atoms with Crippen molar-refractivity contribution in [1.29, 1.82) is 0 Å². The normalized spacial score (nSPS) is 26.6. The van der Waals surface area contributed by atoms with Crippen molar-refractivity contribution in [2.75, 3.05) is 6.54 Å². The van der Waals surface area contributed by atoms with E-state index in [1.165, 1.54) is 6.07 Å². The topological polar surface area (TPSA) is 58.5 Å². The summed E-state index contributed by atoms with van der Waals surface area (Å²) in [5.74, 6) is -1.19. The van der Waals surface area contributed by atoms with Gasteiger partial charge in [0.25, 0.3) is 0 Å². The van der Waals surface area contributed by atoms with E-state index in [4.69, 9.17) is 0 Å². The van der Waals surface area contributed by atoms with Crippen molar-refractivity contribution < 1.29 is 14.0 Å². The van der Waals surface area contributed by atoms with Crippen LogP contribution in [0, 0.1) is 11.7 Å². The summed E-state index contributed by atoms with van der Waals surface area (Å²) in [6.45, 7) is 0.400. The molecule has 2 heterocycles. The molecule has 4 rings (SSSR count). The number of carbonyl (C=O) groups excluding carboxylic acids is 2. The minimum absolute atomic E-state index is 0.117. The Morgan fingerprint density at radius 3 is 2.83 bits per heavy atom. The van der Waals surface area contributed by atoms with E-state index in [2.05, 4.69) is 26.2 Å². The van der Waals surface area contributed by atoms with E-state index < -0.39 is 5.92 Å². The number of ketones is 1. The first-order valence-electron chi connectivity index (χ1n) is 7.62. The number of halogens is 2. The Hall–Kier alpha value is -1.82. The molecule has 0 aromatic heterocycles. The minimum atomic E-state index is -0.399. The molecule has 2 unspecified atom stereocenters. The van der Waals surface area contributed by atoms with Crippen LogP contribution in [0.2, 0.25) is 0 Å². The van der Waals surface area contributed by atoms with Gasteiger partial charge in [-0.1, -0.05) is 6.07 Å². The standard InChI is InChI=1S/C17H14BrFN2O2/c18-9-6-8(4-5-10(9)19)14-15-11(2-1-3-13(15)22)21-12-7-20-17(23)16(12)14/h4-6,14-15H,1-3,7H2,(H,20,23). The number of amides is 1. The zero-order valence-electron chi connectivity index (χ0n) is 12.2. The maximum atomic E-state index is 13.6. The van der Waals surface area contributed by atoms with Crippen molar-refractivity contribution >= 4 is 33.3 Å². The second-order valence-corrected chi connectivity index (χ2v) is 6.95. The summed E-state index contributed by atoms with van der Waals surface area (Å²) >= 11 is 3.20. The van der Waals surface area contributed by atoms with Gasteiger partial charge >= 0.3 is 0 Å². The fourth-order valence-corrected chi connectivity index (χ4v) is 4.15. The molecule has 118 valence electrons. The van der Waals surface area contributed by atoms with Crippen LogP contribution in [-0.2, 0) is 9.59 Å². The lowest BCUT2D eigenvalue weighted by molar-refractivity contribution is -0.122. The molecule has 1 aromatic carbocycles. The summed E-state index contributed by atoms with van der Waals surface area (Å²) in [5.41, 5.74) is 2.92. The van der Waals surface area contributed by atoms with Crippen LogP contribution >= 0.6 is 15.9 Å². The highest BCUT2D eigenvalue weighted by Crippen LogP contribution is 2.44. The van der Waals surface area contributed by atoms with Crippen molar-refractivity contribution in [3.63, 3.8) is 0 Å². The highest BCUT2D eigenvalue weighted by atomic mass is 79.9. The van der Waals surface area contributed by atoms with Gasteiger partial charge in [-0.05, 0) is 46.5 Å². The molecule has 0 spiro atoms. The van der Waals surface area contributed by atoms with Gasteiger partial charge in [0.05, 0.1) is 22.6 Å². The van der Waals surface area contributed by atoms with E-state index in [1.807, 2.05) is 0 Å². The average Bonchev–Trinajstić information content (AvgIpc) is 2.90. The van der Waals surface area contributed by atoms with Crippen LogP contribution in [0.15, 0.2) is 38.9 Å². The Kier molecular flexibility index (Phi) is 3.44. The molecule has 1 amide bonds. The molecule has 6 heteroatoms. The van der Waals surface area contributed by atoms with Crippen LogP contribution in [0.3, 0.4) is 0 Å². The van der Waals surface area contributed by atoms with E-state index in [1.54, 1.807) is 12.1 Å². The highest BCUT2D eigenvalue weighted by molar-refractivity contribution is 9.10. The van der Waals surface area contributed by atoms with E-state index in [9.17, 15) is 14.0 Å². The van der Waals surface area contributed by atoms with Gasteiger partial charge in [0, 0.05) is 23.6 Å². The lowest BCUT2D eigenvalue weighted by atomic mass is 9.70. The number of rotatable bonds is 1. The van der Waals surface area contributed by atoms with Crippen molar-refractivity contribution in [3.8, 4) is 0 Å². The predicted octanol–water partition coefficient (Wildman–Crippen LogP) is 2.88. The summed E-state index contributed by atoms with van der Waals surface area (Å²) < 4.78 is 13.9. The van der Waals surface area contributed by atoms with Crippen LogP contribution < -0.4 is 5.32 Å². The molecule has 1 fully saturated rings. The quantitative estimate of drug-likeness (QED) is 0.818. The van der Waals surface area contributed by atoms with E-state index in [0.717, 1.165) is 29.8 Å². The number of Topliss-reactive ketones (excluding diaryl/α,β-unsaturated/α-hetero) is 1. The van der Waals surface area contributed by atoms with Gasteiger partial charge in [0.15, 0.2) is 0 Å². The van der Waals surface area contributed by atoms with Crippen LogP contribution in [-0.4, -0.2) is 23.9 Å². The smallest absolute Gasteiger partial charge is 0.250 e. The fourth-order valence-electron chi connectivity index (χ4n) is 3.76. The summed E-state index contributed by atoms with van der Waals surface area (Å²) in [6.07, 6.45) is 2.09. The number of aliphatic imine (C=N–C) groups is 1. The third kappa shape index (κ3) is 2.27. The first-order chi connectivity index (χ1) is 11.1. The number of nitrogens with zero attached hydrogens (tertiary/aromatic N) is 1. The number of carbonyl (C=O) groups is 2. The first-order valence-corrected chi connectivity index (χ1v) is 8.42. The van der Waals surface area contributed by atoms with Crippen molar-refractivity contribution in [2.24, 2.45) is 10.9 Å². The molecule has 1 saturated carbocycles. The summed E-state index contributed by atoms with van der Waals surface area (Å²) in [7, 11) is 0. The van der Waals surface area contributed by atoms with Gasteiger partial charge in [-0.25, -0.2) is 4.39 Å². The molecule has 0 bridgehead atoms. The van der Waals surface area contributed by atoms with Crippen molar-refractivity contribution in [2.45, 2.75) is 25.2 Å². The van der Waals surface area contributed by atoms with Gasteiger partial charge < -0.3 is 5.32 Å². The lowest BCUT2D eigenvalue weighted by Crippen LogP contribution is -2.38. The summed E-state index contributed by atoms with van der Waals surface area (Å²) in [5, 5.41) is 2.79. The van der Waals surface area contributed by atoms with Crippen LogP contribution in [0.5, 0.6) is 0 Å². The summed E-state index contributed by atoms with van der Waals surface area (Å²) in [6, 6.07) is 4.69. The molecule has 0 saturated heterocycles. The van der Waals surface area contributed by atoms with Gasteiger partial charge in [-0.2, -0.15) is 0 Å². The van der Waals surface area contributed by atoms with E-state index >= 15 is 0 Å². The lowest BCUT2D eigenvalue weighted by Gasteiger charge is -2.34. The second-order valence-electron chi connectivity index (χ2n) is 6.09.